The molecule has 0 aliphatic carbocycles. The first-order chi connectivity index (χ1) is 9.62. The van der Waals surface area contributed by atoms with Gasteiger partial charge in [0.25, 0.3) is 0 Å². The third-order valence-corrected chi connectivity index (χ3v) is 3.68. The van der Waals surface area contributed by atoms with Crippen molar-refractivity contribution >= 4 is 0 Å². The van der Waals surface area contributed by atoms with Crippen molar-refractivity contribution in [3.63, 3.8) is 0 Å². The molecule has 0 aromatic heterocycles. The number of hydrogen-bond acceptors (Lipinski definition) is 3. The first-order valence-corrected chi connectivity index (χ1v) is 7.60. The maximum Gasteiger partial charge on any atom is 0.161 e. The Morgan fingerprint density at radius 3 is 2.35 bits per heavy atom. The van der Waals surface area contributed by atoms with Crippen LogP contribution in [0.5, 0.6) is 11.5 Å². The van der Waals surface area contributed by atoms with Crippen molar-refractivity contribution in [2.75, 3.05) is 14.2 Å². The zero-order valence-corrected chi connectivity index (χ0v) is 13.5. The van der Waals surface area contributed by atoms with Gasteiger partial charge in [0.2, 0.25) is 0 Å². The molecule has 1 N–H and O–H groups in total. The van der Waals surface area contributed by atoms with Crippen LogP contribution in [0.2, 0.25) is 0 Å². The molecule has 1 aromatic carbocycles. The molecule has 0 radical (unpaired) electrons. The van der Waals surface area contributed by atoms with Gasteiger partial charge < -0.3 is 14.8 Å². The lowest BCUT2D eigenvalue weighted by atomic mass is 10.0. The van der Waals surface area contributed by atoms with Gasteiger partial charge in [-0.3, -0.25) is 0 Å². The Labute approximate surface area is 123 Å². The normalized spacial score (nSPS) is 13.8. The van der Waals surface area contributed by atoms with E-state index in [1.54, 1.807) is 14.2 Å². The van der Waals surface area contributed by atoms with Gasteiger partial charge in [0.1, 0.15) is 0 Å². The van der Waals surface area contributed by atoms with Crippen molar-refractivity contribution in [3.8, 4) is 11.5 Å². The van der Waals surface area contributed by atoms with Crippen LogP contribution >= 0.6 is 0 Å². The van der Waals surface area contributed by atoms with Crippen molar-refractivity contribution < 1.29 is 9.47 Å². The van der Waals surface area contributed by atoms with Crippen LogP contribution in [0.4, 0.5) is 0 Å². The molecule has 3 nitrogen and oxygen atoms in total. The largest absolute Gasteiger partial charge is 0.493 e. The van der Waals surface area contributed by atoms with Crippen LogP contribution in [0.15, 0.2) is 18.2 Å². The Kier molecular flexibility index (Phi) is 7.45. The molecule has 1 aromatic rings. The van der Waals surface area contributed by atoms with Gasteiger partial charge in [0.05, 0.1) is 14.2 Å². The summed E-state index contributed by atoms with van der Waals surface area (Å²) in [6.45, 7) is 6.69. The van der Waals surface area contributed by atoms with Gasteiger partial charge in [-0.15, -0.1) is 0 Å². The molecule has 2 atom stereocenters. The molecular weight excluding hydrogens is 250 g/mol. The van der Waals surface area contributed by atoms with Gasteiger partial charge in [-0.1, -0.05) is 32.3 Å². The minimum atomic E-state index is 0.312. The molecule has 3 heteroatoms. The summed E-state index contributed by atoms with van der Waals surface area (Å²) >= 11 is 0. The summed E-state index contributed by atoms with van der Waals surface area (Å²) in [5.74, 6) is 1.57. The number of hydrogen-bond donors (Lipinski definition) is 1. The highest BCUT2D eigenvalue weighted by Gasteiger charge is 2.12. The molecule has 0 amide bonds. The Morgan fingerprint density at radius 2 is 1.75 bits per heavy atom. The molecule has 0 heterocycles. The fourth-order valence-electron chi connectivity index (χ4n) is 2.43. The van der Waals surface area contributed by atoms with Crippen molar-refractivity contribution in [2.45, 2.75) is 58.5 Å². The fourth-order valence-corrected chi connectivity index (χ4v) is 2.43. The van der Waals surface area contributed by atoms with Gasteiger partial charge in [-0.05, 0) is 38.0 Å². The SMILES string of the molecule is CCCCCC(C)NC(C)c1ccc(OC)c(OC)c1. The predicted octanol–water partition coefficient (Wildman–Crippen LogP) is 4.32. The summed E-state index contributed by atoms with van der Waals surface area (Å²) in [5, 5.41) is 3.65. The molecule has 1 rings (SSSR count). The molecule has 114 valence electrons. The summed E-state index contributed by atoms with van der Waals surface area (Å²) < 4.78 is 10.6. The summed E-state index contributed by atoms with van der Waals surface area (Å²) in [7, 11) is 3.34. The second-order valence-corrected chi connectivity index (χ2v) is 5.40. The van der Waals surface area contributed by atoms with E-state index in [0.717, 1.165) is 11.5 Å². The third-order valence-electron chi connectivity index (χ3n) is 3.68. The first kappa shape index (κ1) is 16.8. The maximum atomic E-state index is 5.36. The number of benzene rings is 1. The van der Waals surface area contributed by atoms with E-state index in [4.69, 9.17) is 9.47 Å². The average Bonchev–Trinajstić information content (AvgIpc) is 2.46. The van der Waals surface area contributed by atoms with Crippen LogP contribution < -0.4 is 14.8 Å². The zero-order chi connectivity index (χ0) is 15.0. The third kappa shape index (κ3) is 5.04. The fraction of sp³-hybridized carbons (Fsp3) is 0.647. The zero-order valence-electron chi connectivity index (χ0n) is 13.5. The molecule has 0 spiro atoms. The number of nitrogens with one attached hydrogen (secondary N) is 1. The molecule has 0 saturated carbocycles. The standard InChI is InChI=1S/C17H29NO2/c1-6-7-8-9-13(2)18-14(3)15-10-11-16(19-4)17(12-15)20-5/h10-14,18H,6-9H2,1-5H3. The van der Waals surface area contributed by atoms with E-state index >= 15 is 0 Å². The van der Waals surface area contributed by atoms with Crippen molar-refractivity contribution in [2.24, 2.45) is 0 Å². The lowest BCUT2D eigenvalue weighted by molar-refractivity contribution is 0.353. The highest BCUT2D eigenvalue weighted by atomic mass is 16.5. The van der Waals surface area contributed by atoms with Gasteiger partial charge in [0, 0.05) is 12.1 Å². The van der Waals surface area contributed by atoms with Crippen LogP contribution in [-0.4, -0.2) is 20.3 Å². The quantitative estimate of drug-likeness (QED) is 0.683. The molecule has 0 aliphatic heterocycles. The molecule has 0 bridgehead atoms. The molecule has 20 heavy (non-hydrogen) atoms. The van der Waals surface area contributed by atoms with E-state index in [0.29, 0.717) is 12.1 Å². The Morgan fingerprint density at radius 1 is 1.05 bits per heavy atom. The van der Waals surface area contributed by atoms with E-state index in [2.05, 4.69) is 38.2 Å². The van der Waals surface area contributed by atoms with Crippen molar-refractivity contribution in [1.29, 1.82) is 0 Å². The molecular formula is C17H29NO2. The molecule has 0 fully saturated rings. The van der Waals surface area contributed by atoms with Crippen LogP contribution in [0.25, 0.3) is 0 Å². The highest BCUT2D eigenvalue weighted by Crippen LogP contribution is 2.30. The van der Waals surface area contributed by atoms with E-state index < -0.39 is 0 Å². The van der Waals surface area contributed by atoms with E-state index in [1.807, 2.05) is 6.07 Å². The second kappa shape index (κ2) is 8.85. The summed E-state index contributed by atoms with van der Waals surface area (Å²) in [6, 6.07) is 6.96. The lowest BCUT2D eigenvalue weighted by Gasteiger charge is -2.21. The smallest absolute Gasteiger partial charge is 0.161 e. The number of unbranched alkanes of at least 4 members (excludes halogenated alkanes) is 2. The molecule has 0 saturated heterocycles. The molecule has 2 unspecified atom stereocenters. The van der Waals surface area contributed by atoms with E-state index in [-0.39, 0.29) is 0 Å². The topological polar surface area (TPSA) is 30.5 Å². The van der Waals surface area contributed by atoms with Crippen LogP contribution in [-0.2, 0) is 0 Å². The lowest BCUT2D eigenvalue weighted by Crippen LogP contribution is -2.28. The number of methoxy groups -OCH3 is 2. The van der Waals surface area contributed by atoms with E-state index in [1.165, 1.54) is 31.2 Å². The maximum absolute atomic E-state index is 5.36. The van der Waals surface area contributed by atoms with Crippen LogP contribution in [0.3, 0.4) is 0 Å². The van der Waals surface area contributed by atoms with Gasteiger partial charge in [0.15, 0.2) is 11.5 Å². The Balaban J connectivity index is 2.60. The summed E-state index contributed by atoms with van der Waals surface area (Å²) in [6.07, 6.45) is 5.11. The van der Waals surface area contributed by atoms with Gasteiger partial charge >= 0.3 is 0 Å². The van der Waals surface area contributed by atoms with Crippen molar-refractivity contribution in [3.05, 3.63) is 23.8 Å². The van der Waals surface area contributed by atoms with Crippen LogP contribution in [0, 0.1) is 0 Å². The first-order valence-electron chi connectivity index (χ1n) is 7.60. The predicted molar refractivity (Wildman–Crippen MR) is 84.7 cm³/mol. The minimum absolute atomic E-state index is 0.312. The average molecular weight is 279 g/mol. The number of rotatable bonds is 9. The number of ether oxygens (including phenoxy) is 2. The molecule has 0 aliphatic rings. The highest BCUT2D eigenvalue weighted by molar-refractivity contribution is 5.43. The second-order valence-electron chi connectivity index (χ2n) is 5.40. The Hall–Kier alpha value is -1.22. The van der Waals surface area contributed by atoms with Crippen LogP contribution in [0.1, 0.15) is 58.1 Å². The summed E-state index contributed by atoms with van der Waals surface area (Å²) in [5.41, 5.74) is 1.23. The van der Waals surface area contributed by atoms with Crippen molar-refractivity contribution in [1.82, 2.24) is 5.32 Å². The van der Waals surface area contributed by atoms with Gasteiger partial charge in [-0.25, -0.2) is 0 Å². The van der Waals surface area contributed by atoms with Gasteiger partial charge in [-0.2, -0.15) is 0 Å². The monoisotopic (exact) mass is 279 g/mol. The minimum Gasteiger partial charge on any atom is -0.493 e. The van der Waals surface area contributed by atoms with E-state index in [9.17, 15) is 0 Å². The summed E-state index contributed by atoms with van der Waals surface area (Å²) in [4.78, 5) is 0. The Bertz CT molecular complexity index is 393.